The maximum atomic E-state index is 12.3. The molecule has 2 aromatic carbocycles. The van der Waals surface area contributed by atoms with Crippen molar-refractivity contribution in [3.63, 3.8) is 0 Å². The fourth-order valence-electron chi connectivity index (χ4n) is 3.24. The van der Waals surface area contributed by atoms with E-state index >= 15 is 0 Å². The van der Waals surface area contributed by atoms with Crippen LogP contribution in [0.25, 0.3) is 11.1 Å². The number of nitrogens with one attached hydrogen (secondary N) is 2. The summed E-state index contributed by atoms with van der Waals surface area (Å²) >= 11 is 0. The summed E-state index contributed by atoms with van der Waals surface area (Å²) in [7, 11) is 0. The van der Waals surface area contributed by atoms with Gasteiger partial charge in [-0.1, -0.05) is 24.3 Å². The summed E-state index contributed by atoms with van der Waals surface area (Å²) in [4.78, 5) is 26.2. The van der Waals surface area contributed by atoms with Gasteiger partial charge in [-0.05, 0) is 55.7 Å². The molecule has 1 saturated heterocycles. The van der Waals surface area contributed by atoms with Crippen LogP contribution in [0.15, 0.2) is 48.5 Å². The Morgan fingerprint density at radius 1 is 1.04 bits per heavy atom. The second kappa shape index (κ2) is 8.04. The van der Waals surface area contributed by atoms with Gasteiger partial charge in [0.25, 0.3) is 5.91 Å². The highest BCUT2D eigenvalue weighted by molar-refractivity contribution is 5.98. The van der Waals surface area contributed by atoms with Crippen molar-refractivity contribution in [2.75, 3.05) is 24.5 Å². The number of carbonyl (C=O) groups is 2. The number of hydrogen-bond donors (Lipinski definition) is 2. The molecule has 3 rings (SSSR count). The van der Waals surface area contributed by atoms with E-state index in [1.54, 1.807) is 12.1 Å². The van der Waals surface area contributed by atoms with Gasteiger partial charge in [-0.25, -0.2) is 0 Å². The number of benzene rings is 2. The highest BCUT2D eigenvalue weighted by atomic mass is 16.2. The summed E-state index contributed by atoms with van der Waals surface area (Å²) in [5.41, 5.74) is 3.95. The molecule has 0 spiro atoms. The van der Waals surface area contributed by atoms with E-state index < -0.39 is 6.04 Å². The van der Waals surface area contributed by atoms with Gasteiger partial charge in [0.1, 0.15) is 6.04 Å². The molecule has 5 heteroatoms. The van der Waals surface area contributed by atoms with Crippen LogP contribution in [-0.4, -0.2) is 37.5 Å². The first-order valence-corrected chi connectivity index (χ1v) is 9.16. The van der Waals surface area contributed by atoms with E-state index in [-0.39, 0.29) is 11.8 Å². The quantitative estimate of drug-likeness (QED) is 0.841. The van der Waals surface area contributed by atoms with Crippen LogP contribution >= 0.6 is 0 Å². The normalized spacial score (nSPS) is 16.2. The lowest BCUT2D eigenvalue weighted by atomic mass is 10.0. The summed E-state index contributed by atoms with van der Waals surface area (Å²) in [6.45, 7) is 6.89. The van der Waals surface area contributed by atoms with Gasteiger partial charge >= 0.3 is 0 Å². The molecule has 2 aromatic rings. The van der Waals surface area contributed by atoms with Gasteiger partial charge in [0, 0.05) is 30.9 Å². The first kappa shape index (κ1) is 18.0. The van der Waals surface area contributed by atoms with Crippen LogP contribution in [0.3, 0.4) is 0 Å². The summed E-state index contributed by atoms with van der Waals surface area (Å²) in [5, 5.41) is 5.50. The van der Waals surface area contributed by atoms with Gasteiger partial charge < -0.3 is 15.5 Å². The van der Waals surface area contributed by atoms with E-state index in [2.05, 4.69) is 53.6 Å². The molecule has 1 aliphatic heterocycles. The minimum absolute atomic E-state index is 0.108. The molecule has 1 atom stereocenters. The summed E-state index contributed by atoms with van der Waals surface area (Å²) in [6, 6.07) is 15.5. The van der Waals surface area contributed by atoms with E-state index in [1.807, 2.05) is 12.1 Å². The average molecular weight is 351 g/mol. The SMILES string of the molecule is CCN(CC)c1ccc(-c2ccc(C(=O)NC3CCNC3=O)cc2)cc1. The van der Waals surface area contributed by atoms with E-state index in [9.17, 15) is 9.59 Å². The molecule has 0 bridgehead atoms. The smallest absolute Gasteiger partial charge is 0.251 e. The zero-order chi connectivity index (χ0) is 18.5. The average Bonchev–Trinajstić information content (AvgIpc) is 3.08. The maximum Gasteiger partial charge on any atom is 0.251 e. The van der Waals surface area contributed by atoms with Crippen molar-refractivity contribution in [2.45, 2.75) is 26.3 Å². The summed E-state index contributed by atoms with van der Waals surface area (Å²) in [5.74, 6) is -0.321. The number of amides is 2. The minimum atomic E-state index is -0.421. The van der Waals surface area contributed by atoms with Gasteiger partial charge in [0.2, 0.25) is 5.91 Å². The van der Waals surface area contributed by atoms with Gasteiger partial charge in [-0.15, -0.1) is 0 Å². The van der Waals surface area contributed by atoms with Crippen molar-refractivity contribution >= 4 is 17.5 Å². The Labute approximate surface area is 154 Å². The lowest BCUT2D eigenvalue weighted by molar-refractivity contribution is -0.120. The van der Waals surface area contributed by atoms with E-state index in [0.29, 0.717) is 18.5 Å². The third kappa shape index (κ3) is 3.87. The molecule has 26 heavy (non-hydrogen) atoms. The molecule has 1 fully saturated rings. The predicted molar refractivity (Wildman–Crippen MR) is 104 cm³/mol. The van der Waals surface area contributed by atoms with Crippen LogP contribution in [0.1, 0.15) is 30.6 Å². The van der Waals surface area contributed by atoms with Crippen molar-refractivity contribution in [3.8, 4) is 11.1 Å². The molecule has 0 aliphatic carbocycles. The molecule has 2 amide bonds. The Hall–Kier alpha value is -2.82. The fourth-order valence-corrected chi connectivity index (χ4v) is 3.24. The molecule has 1 heterocycles. The molecular formula is C21H25N3O2. The van der Waals surface area contributed by atoms with Crippen LogP contribution < -0.4 is 15.5 Å². The minimum Gasteiger partial charge on any atom is -0.372 e. The van der Waals surface area contributed by atoms with Crippen LogP contribution in [0, 0.1) is 0 Å². The molecule has 136 valence electrons. The third-order valence-electron chi connectivity index (χ3n) is 4.83. The third-order valence-corrected chi connectivity index (χ3v) is 4.83. The molecule has 1 aliphatic rings. The highest BCUT2D eigenvalue weighted by Gasteiger charge is 2.25. The van der Waals surface area contributed by atoms with Crippen molar-refractivity contribution in [1.82, 2.24) is 10.6 Å². The zero-order valence-corrected chi connectivity index (χ0v) is 15.3. The Kier molecular flexibility index (Phi) is 5.56. The first-order valence-electron chi connectivity index (χ1n) is 9.16. The summed E-state index contributed by atoms with van der Waals surface area (Å²) in [6.07, 6.45) is 0.640. The fraction of sp³-hybridized carbons (Fsp3) is 0.333. The molecule has 0 aromatic heterocycles. The number of nitrogens with zero attached hydrogens (tertiary/aromatic N) is 1. The van der Waals surface area contributed by atoms with Crippen LogP contribution in [0.4, 0.5) is 5.69 Å². The standard InChI is InChI=1S/C21H25N3O2/c1-3-24(4-2)18-11-9-16(10-12-18)15-5-7-17(8-6-15)20(25)23-19-13-14-22-21(19)26/h5-12,19H,3-4,13-14H2,1-2H3,(H,22,26)(H,23,25). The Morgan fingerprint density at radius 3 is 2.12 bits per heavy atom. The molecular weight excluding hydrogens is 326 g/mol. The van der Waals surface area contributed by atoms with Crippen LogP contribution in [0.5, 0.6) is 0 Å². The molecule has 2 N–H and O–H groups in total. The molecule has 5 nitrogen and oxygen atoms in total. The number of carbonyl (C=O) groups excluding carboxylic acids is 2. The lowest BCUT2D eigenvalue weighted by Crippen LogP contribution is -2.40. The topological polar surface area (TPSA) is 61.4 Å². The van der Waals surface area contributed by atoms with E-state index in [1.165, 1.54) is 5.69 Å². The van der Waals surface area contributed by atoms with Gasteiger partial charge in [-0.3, -0.25) is 9.59 Å². The Balaban J connectivity index is 1.69. The van der Waals surface area contributed by atoms with Crippen molar-refractivity contribution in [2.24, 2.45) is 0 Å². The van der Waals surface area contributed by atoms with Gasteiger partial charge in [0.15, 0.2) is 0 Å². The number of hydrogen-bond acceptors (Lipinski definition) is 3. The molecule has 1 unspecified atom stereocenters. The second-order valence-electron chi connectivity index (χ2n) is 6.40. The predicted octanol–water partition coefficient (Wildman–Crippen LogP) is 2.82. The van der Waals surface area contributed by atoms with E-state index in [4.69, 9.17) is 0 Å². The highest BCUT2D eigenvalue weighted by Crippen LogP contribution is 2.23. The van der Waals surface area contributed by atoms with Crippen LogP contribution in [0.2, 0.25) is 0 Å². The summed E-state index contributed by atoms with van der Waals surface area (Å²) < 4.78 is 0. The Morgan fingerprint density at radius 2 is 1.62 bits per heavy atom. The number of rotatable bonds is 6. The maximum absolute atomic E-state index is 12.3. The molecule has 0 radical (unpaired) electrons. The number of anilines is 1. The van der Waals surface area contributed by atoms with Crippen molar-refractivity contribution in [1.29, 1.82) is 0 Å². The van der Waals surface area contributed by atoms with Crippen molar-refractivity contribution in [3.05, 3.63) is 54.1 Å². The van der Waals surface area contributed by atoms with Gasteiger partial charge in [-0.2, -0.15) is 0 Å². The lowest BCUT2D eigenvalue weighted by Gasteiger charge is -2.21. The Bertz CT molecular complexity index is 765. The largest absolute Gasteiger partial charge is 0.372 e. The first-order chi connectivity index (χ1) is 12.6. The zero-order valence-electron chi connectivity index (χ0n) is 15.3. The van der Waals surface area contributed by atoms with E-state index in [0.717, 1.165) is 24.2 Å². The monoisotopic (exact) mass is 351 g/mol. The van der Waals surface area contributed by atoms with Crippen molar-refractivity contribution < 1.29 is 9.59 Å². The second-order valence-corrected chi connectivity index (χ2v) is 6.40. The van der Waals surface area contributed by atoms with Gasteiger partial charge in [0.05, 0.1) is 0 Å². The van der Waals surface area contributed by atoms with Crippen LogP contribution in [-0.2, 0) is 4.79 Å². The molecule has 0 saturated carbocycles.